The number of ether oxygens (including phenoxy) is 2. The van der Waals surface area contributed by atoms with E-state index in [0.29, 0.717) is 24.0 Å². The smallest absolute Gasteiger partial charge is 0.264 e. The second kappa shape index (κ2) is 6.61. The van der Waals surface area contributed by atoms with Gasteiger partial charge < -0.3 is 20.5 Å². The molecule has 0 aliphatic carbocycles. The van der Waals surface area contributed by atoms with Gasteiger partial charge in [0.05, 0.1) is 0 Å². The number of para-hydroxylation sites is 2. The first kappa shape index (κ1) is 14.7. The maximum absolute atomic E-state index is 12.2. The van der Waals surface area contributed by atoms with E-state index >= 15 is 0 Å². The largest absolute Gasteiger partial charge is 0.485 e. The van der Waals surface area contributed by atoms with Crippen LogP contribution in [-0.2, 0) is 4.79 Å². The molecule has 0 saturated heterocycles. The van der Waals surface area contributed by atoms with Crippen molar-refractivity contribution in [3.63, 3.8) is 0 Å². The lowest BCUT2D eigenvalue weighted by atomic mass is 10.0. The third-order valence-corrected chi connectivity index (χ3v) is 3.19. The maximum atomic E-state index is 12.2. The Kier molecular flexibility index (Phi) is 4.84. The number of hydrogen-bond donors (Lipinski definition) is 2. The predicted molar refractivity (Wildman–Crippen MR) is 76.8 cm³/mol. The zero-order valence-corrected chi connectivity index (χ0v) is 12.0. The highest BCUT2D eigenvalue weighted by Crippen LogP contribution is 2.30. The molecule has 2 unspecified atom stereocenters. The minimum atomic E-state index is -0.619. The van der Waals surface area contributed by atoms with Crippen LogP contribution < -0.4 is 20.5 Å². The summed E-state index contributed by atoms with van der Waals surface area (Å²) in [6.07, 6.45) is 0.234. The molecule has 20 heavy (non-hydrogen) atoms. The molecule has 110 valence electrons. The molecule has 1 aromatic rings. The van der Waals surface area contributed by atoms with Gasteiger partial charge in [0.2, 0.25) is 6.10 Å². The summed E-state index contributed by atoms with van der Waals surface area (Å²) in [5.41, 5.74) is 5.69. The Bertz CT molecular complexity index is 462. The second-order valence-electron chi connectivity index (χ2n) is 5.43. The molecular formula is C15H22N2O3. The molecule has 1 aromatic carbocycles. The molecule has 1 aliphatic heterocycles. The second-order valence-corrected chi connectivity index (χ2v) is 5.43. The number of carbonyl (C=O) groups excluding carboxylic acids is 1. The summed E-state index contributed by atoms with van der Waals surface area (Å²) in [6.45, 7) is 4.85. The molecule has 5 nitrogen and oxygen atoms in total. The van der Waals surface area contributed by atoms with Gasteiger partial charge in [0.15, 0.2) is 11.5 Å². The van der Waals surface area contributed by atoms with Gasteiger partial charge in [-0.1, -0.05) is 26.0 Å². The van der Waals surface area contributed by atoms with Crippen molar-refractivity contribution in [2.75, 3.05) is 13.2 Å². The Morgan fingerprint density at radius 2 is 2.10 bits per heavy atom. The fraction of sp³-hybridized carbons (Fsp3) is 0.533. The quantitative estimate of drug-likeness (QED) is 0.852. The van der Waals surface area contributed by atoms with E-state index < -0.39 is 6.10 Å². The fourth-order valence-electron chi connectivity index (χ4n) is 2.23. The number of hydrogen-bond acceptors (Lipinski definition) is 4. The predicted octanol–water partition coefficient (Wildman–Crippen LogP) is 1.32. The normalized spacial score (nSPS) is 18.7. The molecule has 0 saturated carbocycles. The SMILES string of the molecule is CC(C)CC(CN)NC(=O)C1COc2ccccc2O1. The Hall–Kier alpha value is -1.75. The van der Waals surface area contributed by atoms with Crippen molar-refractivity contribution in [2.24, 2.45) is 11.7 Å². The first-order valence-corrected chi connectivity index (χ1v) is 6.99. The van der Waals surface area contributed by atoms with Crippen LogP contribution in [0.25, 0.3) is 0 Å². The van der Waals surface area contributed by atoms with E-state index in [-0.39, 0.29) is 18.6 Å². The molecule has 0 spiro atoms. The van der Waals surface area contributed by atoms with Crippen LogP contribution >= 0.6 is 0 Å². The maximum Gasteiger partial charge on any atom is 0.264 e. The Balaban J connectivity index is 1.94. The number of carbonyl (C=O) groups is 1. The van der Waals surface area contributed by atoms with Gasteiger partial charge in [0.25, 0.3) is 5.91 Å². The zero-order valence-electron chi connectivity index (χ0n) is 12.0. The molecule has 0 bridgehead atoms. The number of fused-ring (bicyclic) bond motifs is 1. The van der Waals surface area contributed by atoms with Crippen molar-refractivity contribution in [3.8, 4) is 11.5 Å². The van der Waals surface area contributed by atoms with E-state index in [1.54, 1.807) is 6.07 Å². The van der Waals surface area contributed by atoms with E-state index in [9.17, 15) is 4.79 Å². The molecule has 1 amide bonds. The van der Waals surface area contributed by atoms with Crippen molar-refractivity contribution in [2.45, 2.75) is 32.4 Å². The summed E-state index contributed by atoms with van der Waals surface area (Å²) < 4.78 is 11.2. The molecule has 1 aliphatic rings. The van der Waals surface area contributed by atoms with Crippen LogP contribution in [0.4, 0.5) is 0 Å². The van der Waals surface area contributed by atoms with Gasteiger partial charge >= 0.3 is 0 Å². The fourth-order valence-corrected chi connectivity index (χ4v) is 2.23. The van der Waals surface area contributed by atoms with Gasteiger partial charge in [-0.2, -0.15) is 0 Å². The summed E-state index contributed by atoms with van der Waals surface area (Å²) in [5, 5.41) is 2.93. The molecule has 0 fully saturated rings. The summed E-state index contributed by atoms with van der Waals surface area (Å²) >= 11 is 0. The highest BCUT2D eigenvalue weighted by molar-refractivity contribution is 5.82. The Morgan fingerprint density at radius 1 is 1.40 bits per heavy atom. The van der Waals surface area contributed by atoms with Gasteiger partial charge in [-0.15, -0.1) is 0 Å². The molecule has 0 aromatic heterocycles. The molecular weight excluding hydrogens is 256 g/mol. The van der Waals surface area contributed by atoms with Gasteiger partial charge in [0, 0.05) is 12.6 Å². The lowest BCUT2D eigenvalue weighted by Crippen LogP contribution is -2.50. The van der Waals surface area contributed by atoms with Gasteiger partial charge in [-0.3, -0.25) is 4.79 Å². The summed E-state index contributed by atoms with van der Waals surface area (Å²) in [6, 6.07) is 7.32. The van der Waals surface area contributed by atoms with Crippen LogP contribution in [0.15, 0.2) is 24.3 Å². The monoisotopic (exact) mass is 278 g/mol. The van der Waals surface area contributed by atoms with Crippen LogP contribution in [0.5, 0.6) is 11.5 Å². The molecule has 2 rings (SSSR count). The molecule has 2 atom stereocenters. The average molecular weight is 278 g/mol. The molecule has 3 N–H and O–H groups in total. The van der Waals surface area contributed by atoms with Crippen LogP contribution in [0.1, 0.15) is 20.3 Å². The van der Waals surface area contributed by atoms with E-state index in [0.717, 1.165) is 6.42 Å². The van der Waals surface area contributed by atoms with Crippen LogP contribution in [0.3, 0.4) is 0 Å². The summed E-state index contributed by atoms with van der Waals surface area (Å²) in [7, 11) is 0. The molecule has 5 heteroatoms. The zero-order chi connectivity index (χ0) is 14.5. The summed E-state index contributed by atoms with van der Waals surface area (Å²) in [4.78, 5) is 12.2. The van der Waals surface area contributed by atoms with Gasteiger partial charge in [0.1, 0.15) is 6.61 Å². The number of nitrogens with one attached hydrogen (secondary N) is 1. The number of amides is 1. The van der Waals surface area contributed by atoms with Crippen molar-refractivity contribution < 1.29 is 14.3 Å². The Morgan fingerprint density at radius 3 is 2.75 bits per heavy atom. The Labute approximate surface area is 119 Å². The summed E-state index contributed by atoms with van der Waals surface area (Å²) in [5.74, 6) is 1.59. The van der Waals surface area contributed by atoms with E-state index in [1.165, 1.54) is 0 Å². The van der Waals surface area contributed by atoms with Gasteiger partial charge in [-0.25, -0.2) is 0 Å². The van der Waals surface area contributed by atoms with Gasteiger partial charge in [-0.05, 0) is 24.5 Å². The molecule has 1 heterocycles. The van der Waals surface area contributed by atoms with E-state index in [4.69, 9.17) is 15.2 Å². The standard InChI is InChI=1S/C15H22N2O3/c1-10(2)7-11(8-16)17-15(18)14-9-19-12-5-3-4-6-13(12)20-14/h3-6,10-11,14H,7-9,16H2,1-2H3,(H,17,18). The lowest BCUT2D eigenvalue weighted by molar-refractivity contribution is -0.131. The van der Waals surface area contributed by atoms with Crippen molar-refractivity contribution in [3.05, 3.63) is 24.3 Å². The van der Waals surface area contributed by atoms with Crippen LogP contribution in [0.2, 0.25) is 0 Å². The highest BCUT2D eigenvalue weighted by atomic mass is 16.6. The van der Waals surface area contributed by atoms with Crippen molar-refractivity contribution in [1.29, 1.82) is 0 Å². The van der Waals surface area contributed by atoms with Crippen LogP contribution in [-0.4, -0.2) is 31.2 Å². The van der Waals surface area contributed by atoms with E-state index in [1.807, 2.05) is 18.2 Å². The van der Waals surface area contributed by atoms with Crippen molar-refractivity contribution in [1.82, 2.24) is 5.32 Å². The average Bonchev–Trinajstić information content (AvgIpc) is 2.45. The minimum Gasteiger partial charge on any atom is -0.485 e. The number of rotatable bonds is 5. The first-order valence-electron chi connectivity index (χ1n) is 6.99. The lowest BCUT2D eigenvalue weighted by Gasteiger charge is -2.27. The van der Waals surface area contributed by atoms with E-state index in [2.05, 4.69) is 19.2 Å². The van der Waals surface area contributed by atoms with Crippen LogP contribution in [0, 0.1) is 5.92 Å². The third-order valence-electron chi connectivity index (χ3n) is 3.19. The highest BCUT2D eigenvalue weighted by Gasteiger charge is 2.28. The minimum absolute atomic E-state index is 0.0247. The number of nitrogens with two attached hydrogens (primary N) is 1. The third kappa shape index (κ3) is 3.63. The molecule has 0 radical (unpaired) electrons. The number of benzene rings is 1. The first-order chi connectivity index (χ1) is 9.60. The topological polar surface area (TPSA) is 73.6 Å². The van der Waals surface area contributed by atoms with Crippen molar-refractivity contribution >= 4 is 5.91 Å².